The number of nitrogens with one attached hydrogen (secondary N) is 1. The van der Waals surface area contributed by atoms with Gasteiger partial charge in [0, 0.05) is 18.6 Å². The Labute approximate surface area is 147 Å². The predicted molar refractivity (Wildman–Crippen MR) is 84.4 cm³/mol. The molecule has 0 radical (unpaired) electrons. The maximum Gasteiger partial charge on any atom is 0.328 e. The van der Waals surface area contributed by atoms with E-state index in [4.69, 9.17) is 5.26 Å². The predicted octanol–water partition coefficient (Wildman–Crippen LogP) is 2.49. The average Bonchev–Trinajstić information content (AvgIpc) is 2.60. The van der Waals surface area contributed by atoms with Crippen LogP contribution in [-0.4, -0.2) is 25.0 Å². The fourth-order valence-electron chi connectivity index (χ4n) is 2.35. The van der Waals surface area contributed by atoms with Crippen LogP contribution in [0.2, 0.25) is 0 Å². The first-order chi connectivity index (χ1) is 12.4. The summed E-state index contributed by atoms with van der Waals surface area (Å²) in [6, 6.07) is 7.70. The molecular formula is C18H13F3N2O3. The van der Waals surface area contributed by atoms with Crippen LogP contribution in [0, 0.1) is 28.8 Å². The topological polar surface area (TPSA) is 79.2 Å². The molecule has 1 amide bonds. The number of nitriles is 1. The number of benzene rings is 2. The standard InChI is InChI=1S/C18H13F3N2O3/c1-26-18(25)15(6-10-4-2-3-5-11(10)9-22)23-17(24)16-13(20)7-12(19)8-14(16)21/h2-5,7-8,15H,6H2,1H3,(H,23,24)/t15-/m0/s1. The number of amides is 1. The highest BCUT2D eigenvalue weighted by Crippen LogP contribution is 2.16. The van der Waals surface area contributed by atoms with Crippen molar-refractivity contribution in [3.05, 3.63) is 70.5 Å². The number of methoxy groups -OCH3 is 1. The van der Waals surface area contributed by atoms with Crippen molar-refractivity contribution >= 4 is 11.9 Å². The fourth-order valence-corrected chi connectivity index (χ4v) is 2.35. The first-order valence-electron chi connectivity index (χ1n) is 7.38. The molecule has 2 aromatic carbocycles. The van der Waals surface area contributed by atoms with Gasteiger partial charge >= 0.3 is 5.97 Å². The molecule has 0 heterocycles. The number of hydrogen-bond acceptors (Lipinski definition) is 4. The molecule has 0 spiro atoms. The minimum Gasteiger partial charge on any atom is -0.467 e. The minimum atomic E-state index is -1.40. The van der Waals surface area contributed by atoms with Gasteiger partial charge in [-0.1, -0.05) is 18.2 Å². The lowest BCUT2D eigenvalue weighted by Crippen LogP contribution is -2.43. The largest absolute Gasteiger partial charge is 0.467 e. The third-order valence-electron chi connectivity index (χ3n) is 3.59. The van der Waals surface area contributed by atoms with Crippen molar-refractivity contribution in [2.75, 3.05) is 7.11 Å². The van der Waals surface area contributed by atoms with Crippen molar-refractivity contribution in [2.24, 2.45) is 0 Å². The molecule has 5 nitrogen and oxygen atoms in total. The van der Waals surface area contributed by atoms with Crippen LogP contribution in [0.5, 0.6) is 0 Å². The van der Waals surface area contributed by atoms with Gasteiger partial charge in [-0.2, -0.15) is 5.26 Å². The molecule has 0 bridgehead atoms. The zero-order valence-corrected chi connectivity index (χ0v) is 13.6. The first kappa shape index (κ1) is 19.0. The van der Waals surface area contributed by atoms with Crippen LogP contribution in [0.15, 0.2) is 36.4 Å². The zero-order chi connectivity index (χ0) is 19.3. The number of hydrogen-bond donors (Lipinski definition) is 1. The molecule has 0 saturated heterocycles. The Bertz CT molecular complexity index is 870. The number of carbonyl (C=O) groups excluding carboxylic acids is 2. The molecular weight excluding hydrogens is 349 g/mol. The maximum absolute atomic E-state index is 13.7. The van der Waals surface area contributed by atoms with Gasteiger partial charge < -0.3 is 10.1 Å². The first-order valence-corrected chi connectivity index (χ1v) is 7.38. The number of nitrogens with zero attached hydrogens (tertiary/aromatic N) is 1. The third-order valence-corrected chi connectivity index (χ3v) is 3.59. The van der Waals surface area contributed by atoms with Gasteiger partial charge in [-0.3, -0.25) is 4.79 Å². The molecule has 0 aromatic heterocycles. The Hall–Kier alpha value is -3.34. The number of ether oxygens (including phenoxy) is 1. The molecule has 8 heteroatoms. The van der Waals surface area contributed by atoms with Gasteiger partial charge in [0.2, 0.25) is 0 Å². The molecule has 0 aliphatic carbocycles. The quantitative estimate of drug-likeness (QED) is 0.829. The lowest BCUT2D eigenvalue weighted by molar-refractivity contribution is -0.142. The molecule has 1 N–H and O–H groups in total. The average molecular weight is 362 g/mol. The van der Waals surface area contributed by atoms with Crippen molar-refractivity contribution in [3.63, 3.8) is 0 Å². The maximum atomic E-state index is 13.7. The van der Waals surface area contributed by atoms with Crippen LogP contribution in [0.4, 0.5) is 13.2 Å². The summed E-state index contributed by atoms with van der Waals surface area (Å²) in [5.74, 6) is -6.09. The highest BCUT2D eigenvalue weighted by Gasteiger charge is 2.27. The second kappa shape index (κ2) is 8.16. The summed E-state index contributed by atoms with van der Waals surface area (Å²) in [6.07, 6.45) is -0.132. The second-order valence-electron chi connectivity index (χ2n) is 5.27. The third kappa shape index (κ3) is 4.19. The van der Waals surface area contributed by atoms with E-state index in [1.54, 1.807) is 18.2 Å². The molecule has 0 saturated carbocycles. The molecule has 0 unspecified atom stereocenters. The minimum absolute atomic E-state index is 0.132. The molecule has 26 heavy (non-hydrogen) atoms. The van der Waals surface area contributed by atoms with Gasteiger partial charge in [-0.05, 0) is 11.6 Å². The van der Waals surface area contributed by atoms with E-state index in [1.807, 2.05) is 6.07 Å². The van der Waals surface area contributed by atoms with Crippen LogP contribution in [0.25, 0.3) is 0 Å². The summed E-state index contributed by atoms with van der Waals surface area (Å²) in [4.78, 5) is 24.1. The van der Waals surface area contributed by atoms with Crippen molar-refractivity contribution in [1.82, 2.24) is 5.32 Å². The van der Waals surface area contributed by atoms with E-state index >= 15 is 0 Å². The molecule has 0 aliphatic rings. The van der Waals surface area contributed by atoms with Gasteiger partial charge in [0.05, 0.1) is 18.7 Å². The highest BCUT2D eigenvalue weighted by atomic mass is 19.1. The monoisotopic (exact) mass is 362 g/mol. The summed E-state index contributed by atoms with van der Waals surface area (Å²) in [5, 5.41) is 11.3. The fraction of sp³-hybridized carbons (Fsp3) is 0.167. The van der Waals surface area contributed by atoms with E-state index in [9.17, 15) is 22.8 Å². The van der Waals surface area contributed by atoms with Crippen molar-refractivity contribution in [2.45, 2.75) is 12.5 Å². The SMILES string of the molecule is COC(=O)[C@H](Cc1ccccc1C#N)NC(=O)c1c(F)cc(F)cc1F. The molecule has 134 valence electrons. The Morgan fingerprint density at radius 3 is 2.38 bits per heavy atom. The summed E-state index contributed by atoms with van der Waals surface area (Å²) in [6.45, 7) is 0. The lowest BCUT2D eigenvalue weighted by Gasteiger charge is -2.17. The zero-order valence-electron chi connectivity index (χ0n) is 13.6. The van der Waals surface area contributed by atoms with Gasteiger partial charge in [-0.15, -0.1) is 0 Å². The van der Waals surface area contributed by atoms with Crippen molar-refractivity contribution < 1.29 is 27.5 Å². The number of halogens is 3. The smallest absolute Gasteiger partial charge is 0.328 e. The van der Waals surface area contributed by atoms with Gasteiger partial charge in [-0.25, -0.2) is 18.0 Å². The Kier molecular flexibility index (Phi) is 5.96. The summed E-state index contributed by atoms with van der Waals surface area (Å²) in [7, 11) is 1.08. The van der Waals surface area contributed by atoms with E-state index in [2.05, 4.69) is 10.1 Å². The van der Waals surface area contributed by atoms with E-state index in [0.717, 1.165) is 7.11 Å². The van der Waals surface area contributed by atoms with Crippen molar-refractivity contribution in [3.8, 4) is 6.07 Å². The van der Waals surface area contributed by atoms with E-state index in [1.165, 1.54) is 6.07 Å². The summed E-state index contributed by atoms with van der Waals surface area (Å²) < 4.78 is 45.0. The lowest BCUT2D eigenvalue weighted by atomic mass is 10.0. The van der Waals surface area contributed by atoms with Gasteiger partial charge in [0.1, 0.15) is 29.1 Å². The normalized spacial score (nSPS) is 11.3. The summed E-state index contributed by atoms with van der Waals surface area (Å²) >= 11 is 0. The molecule has 0 aliphatic heterocycles. The number of carbonyl (C=O) groups is 2. The van der Waals surface area contributed by atoms with Crippen LogP contribution in [0.1, 0.15) is 21.5 Å². The second-order valence-corrected chi connectivity index (χ2v) is 5.27. The van der Waals surface area contributed by atoms with Crippen LogP contribution in [0.3, 0.4) is 0 Å². The van der Waals surface area contributed by atoms with Crippen LogP contribution < -0.4 is 5.32 Å². The van der Waals surface area contributed by atoms with E-state index < -0.39 is 40.9 Å². The van der Waals surface area contributed by atoms with Gasteiger partial charge in [0.25, 0.3) is 5.91 Å². The number of esters is 1. The molecule has 0 fully saturated rings. The van der Waals surface area contributed by atoms with Gasteiger partial charge in [0.15, 0.2) is 0 Å². The van der Waals surface area contributed by atoms with Crippen LogP contribution >= 0.6 is 0 Å². The highest BCUT2D eigenvalue weighted by molar-refractivity contribution is 5.97. The number of rotatable bonds is 5. The Morgan fingerprint density at radius 2 is 1.81 bits per heavy atom. The van der Waals surface area contributed by atoms with E-state index in [0.29, 0.717) is 17.7 Å². The van der Waals surface area contributed by atoms with E-state index in [-0.39, 0.29) is 12.0 Å². The molecule has 2 aromatic rings. The van der Waals surface area contributed by atoms with Crippen molar-refractivity contribution in [1.29, 1.82) is 5.26 Å². The molecule has 1 atom stereocenters. The Morgan fingerprint density at radius 1 is 1.19 bits per heavy atom. The van der Waals surface area contributed by atoms with Crippen LogP contribution in [-0.2, 0) is 16.0 Å². The Balaban J connectivity index is 2.30. The summed E-state index contributed by atoms with van der Waals surface area (Å²) in [5.41, 5.74) is -0.311. The molecule has 2 rings (SSSR count).